The van der Waals surface area contributed by atoms with Crippen LogP contribution < -0.4 is 5.43 Å². The zero-order valence-electron chi connectivity index (χ0n) is 10.9. The van der Waals surface area contributed by atoms with Gasteiger partial charge < -0.3 is 0 Å². The zero-order valence-corrected chi connectivity index (χ0v) is 10.9. The molecule has 96 valence electrons. The molecule has 1 amide bonds. The van der Waals surface area contributed by atoms with Crippen molar-refractivity contribution in [1.82, 2.24) is 10.4 Å². The Morgan fingerprint density at radius 3 is 2.78 bits per heavy atom. The van der Waals surface area contributed by atoms with Crippen LogP contribution in [0.1, 0.15) is 43.5 Å². The van der Waals surface area contributed by atoms with E-state index >= 15 is 0 Å². The highest BCUT2D eigenvalue weighted by Gasteiger charge is 2.21. The van der Waals surface area contributed by atoms with E-state index in [-0.39, 0.29) is 5.91 Å². The number of pyridine rings is 1. The smallest absolute Gasteiger partial charge is 0.267 e. The number of hydrazone groups is 1. The second kappa shape index (κ2) is 5.76. The van der Waals surface area contributed by atoms with Crippen molar-refractivity contribution >= 4 is 11.6 Å². The molecule has 2 atom stereocenters. The number of hydrogen-bond acceptors (Lipinski definition) is 3. The van der Waals surface area contributed by atoms with Gasteiger partial charge in [-0.2, -0.15) is 5.10 Å². The summed E-state index contributed by atoms with van der Waals surface area (Å²) in [6.45, 7) is 4.44. The summed E-state index contributed by atoms with van der Waals surface area (Å²) >= 11 is 0. The average molecular weight is 245 g/mol. The molecular formula is C14H19N3O. The fourth-order valence-electron chi connectivity index (χ4n) is 2.35. The Hall–Kier alpha value is -1.71. The third-order valence-electron chi connectivity index (χ3n) is 3.46. The number of carbonyl (C=O) groups is 1. The van der Waals surface area contributed by atoms with Crippen LogP contribution in [-0.4, -0.2) is 16.6 Å². The van der Waals surface area contributed by atoms with Crippen molar-refractivity contribution in [3.8, 4) is 0 Å². The summed E-state index contributed by atoms with van der Waals surface area (Å²) in [4.78, 5) is 15.7. The van der Waals surface area contributed by atoms with Gasteiger partial charge in [0.25, 0.3) is 5.91 Å². The van der Waals surface area contributed by atoms with Crippen molar-refractivity contribution in [2.45, 2.75) is 33.1 Å². The summed E-state index contributed by atoms with van der Waals surface area (Å²) < 4.78 is 0. The summed E-state index contributed by atoms with van der Waals surface area (Å²) in [6, 6.07) is 3.36. The van der Waals surface area contributed by atoms with Crippen LogP contribution in [0, 0.1) is 11.8 Å². The topological polar surface area (TPSA) is 54.4 Å². The van der Waals surface area contributed by atoms with Crippen LogP contribution in [0.3, 0.4) is 0 Å². The monoisotopic (exact) mass is 245 g/mol. The molecule has 1 aromatic heterocycles. The van der Waals surface area contributed by atoms with E-state index in [0.29, 0.717) is 11.5 Å². The highest BCUT2D eigenvalue weighted by atomic mass is 16.2. The molecule has 18 heavy (non-hydrogen) atoms. The van der Waals surface area contributed by atoms with Gasteiger partial charge in [0.2, 0.25) is 0 Å². The first-order valence-electron chi connectivity index (χ1n) is 6.43. The molecule has 2 unspecified atom stereocenters. The molecule has 4 heteroatoms. The quantitative estimate of drug-likeness (QED) is 0.814. The minimum atomic E-state index is -0.171. The lowest BCUT2D eigenvalue weighted by Crippen LogP contribution is -2.26. The fourth-order valence-corrected chi connectivity index (χ4v) is 2.35. The van der Waals surface area contributed by atoms with E-state index in [4.69, 9.17) is 0 Å². The molecule has 1 aliphatic carbocycles. The average Bonchev–Trinajstić information content (AvgIpc) is 2.38. The molecule has 1 aromatic rings. The zero-order chi connectivity index (χ0) is 13.0. The molecule has 0 radical (unpaired) electrons. The number of carbonyl (C=O) groups excluding carboxylic acids is 1. The molecule has 2 rings (SSSR count). The van der Waals surface area contributed by atoms with E-state index in [1.165, 1.54) is 0 Å². The highest BCUT2D eigenvalue weighted by molar-refractivity contribution is 5.95. The van der Waals surface area contributed by atoms with E-state index in [0.717, 1.165) is 30.9 Å². The summed E-state index contributed by atoms with van der Waals surface area (Å²) in [6.07, 6.45) is 6.51. The lowest BCUT2D eigenvalue weighted by atomic mass is 9.82. The maximum absolute atomic E-state index is 11.8. The van der Waals surface area contributed by atoms with Gasteiger partial charge in [-0.25, -0.2) is 5.43 Å². The molecule has 0 spiro atoms. The van der Waals surface area contributed by atoms with Crippen LogP contribution in [0.5, 0.6) is 0 Å². The van der Waals surface area contributed by atoms with Gasteiger partial charge in [0, 0.05) is 23.7 Å². The van der Waals surface area contributed by atoms with Crippen LogP contribution in [0.2, 0.25) is 0 Å². The predicted molar refractivity (Wildman–Crippen MR) is 71.3 cm³/mol. The van der Waals surface area contributed by atoms with Crippen LogP contribution in [0.25, 0.3) is 0 Å². The maximum Gasteiger partial charge on any atom is 0.271 e. The second-order valence-electron chi connectivity index (χ2n) is 5.06. The van der Waals surface area contributed by atoms with Crippen molar-refractivity contribution in [1.29, 1.82) is 0 Å². The first-order valence-corrected chi connectivity index (χ1v) is 6.43. The molecule has 1 saturated carbocycles. The van der Waals surface area contributed by atoms with Crippen LogP contribution >= 0.6 is 0 Å². The van der Waals surface area contributed by atoms with Gasteiger partial charge >= 0.3 is 0 Å². The first kappa shape index (κ1) is 12.7. The van der Waals surface area contributed by atoms with Crippen LogP contribution in [0.15, 0.2) is 29.6 Å². The van der Waals surface area contributed by atoms with Crippen LogP contribution in [-0.2, 0) is 0 Å². The Morgan fingerprint density at radius 2 is 2.11 bits per heavy atom. The molecule has 0 saturated heterocycles. The van der Waals surface area contributed by atoms with Crippen molar-refractivity contribution in [2.75, 3.05) is 0 Å². The van der Waals surface area contributed by atoms with Crippen molar-refractivity contribution in [2.24, 2.45) is 16.9 Å². The largest absolute Gasteiger partial charge is 0.271 e. The Bertz CT molecular complexity index is 442. The minimum absolute atomic E-state index is 0.171. The van der Waals surface area contributed by atoms with Crippen LogP contribution in [0.4, 0.5) is 0 Å². The Kier molecular flexibility index (Phi) is 4.07. The fraction of sp³-hybridized carbons (Fsp3) is 0.500. The molecular weight excluding hydrogens is 226 g/mol. The molecule has 4 nitrogen and oxygen atoms in total. The van der Waals surface area contributed by atoms with E-state index < -0.39 is 0 Å². The Balaban J connectivity index is 1.97. The van der Waals surface area contributed by atoms with Crippen molar-refractivity contribution < 1.29 is 4.79 Å². The number of aromatic nitrogens is 1. The van der Waals surface area contributed by atoms with Gasteiger partial charge in [-0.3, -0.25) is 9.78 Å². The summed E-state index contributed by atoms with van der Waals surface area (Å²) in [7, 11) is 0. The second-order valence-corrected chi connectivity index (χ2v) is 5.06. The molecule has 1 N–H and O–H groups in total. The standard InChI is InChI=1S/C14H19N3O/c1-10-3-4-13(11(2)9-10)16-17-14(18)12-5-7-15-8-6-12/h5-8,10-11H,3-4,9H2,1-2H3,(H,17,18)/b16-13+. The lowest BCUT2D eigenvalue weighted by molar-refractivity contribution is 0.0954. The van der Waals surface area contributed by atoms with Gasteiger partial charge in [-0.1, -0.05) is 13.8 Å². The number of nitrogens with one attached hydrogen (secondary N) is 1. The minimum Gasteiger partial charge on any atom is -0.267 e. The van der Waals surface area contributed by atoms with E-state index in [9.17, 15) is 4.79 Å². The number of amides is 1. The van der Waals surface area contributed by atoms with Crippen molar-refractivity contribution in [3.05, 3.63) is 30.1 Å². The molecule has 1 heterocycles. The maximum atomic E-state index is 11.8. The summed E-state index contributed by atoms with van der Waals surface area (Å²) in [5.41, 5.74) is 4.33. The van der Waals surface area contributed by atoms with Gasteiger partial charge in [-0.15, -0.1) is 0 Å². The highest BCUT2D eigenvalue weighted by Crippen LogP contribution is 2.26. The van der Waals surface area contributed by atoms with Crippen molar-refractivity contribution in [3.63, 3.8) is 0 Å². The Labute approximate surface area is 108 Å². The lowest BCUT2D eigenvalue weighted by Gasteiger charge is -2.25. The third kappa shape index (κ3) is 3.15. The van der Waals surface area contributed by atoms with Gasteiger partial charge in [0.1, 0.15) is 0 Å². The molecule has 1 fully saturated rings. The molecule has 0 aromatic carbocycles. The summed E-state index contributed by atoms with van der Waals surface area (Å²) in [5, 5.41) is 4.27. The normalized spacial score (nSPS) is 26.0. The van der Waals surface area contributed by atoms with E-state index in [1.54, 1.807) is 24.5 Å². The summed E-state index contributed by atoms with van der Waals surface area (Å²) in [5.74, 6) is 1.05. The number of rotatable bonds is 2. The first-order chi connectivity index (χ1) is 8.66. The molecule has 0 bridgehead atoms. The van der Waals surface area contributed by atoms with E-state index in [2.05, 4.69) is 29.4 Å². The SMILES string of the molecule is CC1CC/C(=N\NC(=O)c2ccncc2)C(C)C1. The molecule has 1 aliphatic rings. The van der Waals surface area contributed by atoms with Gasteiger partial charge in [-0.05, 0) is 43.2 Å². The predicted octanol–water partition coefficient (Wildman–Crippen LogP) is 2.62. The van der Waals surface area contributed by atoms with E-state index in [1.807, 2.05) is 0 Å². The van der Waals surface area contributed by atoms with Gasteiger partial charge in [0.15, 0.2) is 0 Å². The third-order valence-corrected chi connectivity index (χ3v) is 3.46. The number of nitrogens with zero attached hydrogens (tertiary/aromatic N) is 2. The molecule has 0 aliphatic heterocycles. The van der Waals surface area contributed by atoms with Gasteiger partial charge in [0.05, 0.1) is 0 Å². The number of hydrogen-bond donors (Lipinski definition) is 1. The Morgan fingerprint density at radius 1 is 1.39 bits per heavy atom.